The molecule has 4 aromatic rings. The third kappa shape index (κ3) is 37.2. The van der Waals surface area contributed by atoms with Gasteiger partial charge in [0.2, 0.25) is 59.7 Å². The van der Waals surface area contributed by atoms with E-state index in [1.807, 2.05) is 24.3 Å². The molecule has 2 aromatic carbocycles. The van der Waals surface area contributed by atoms with Gasteiger partial charge in [0, 0.05) is 93.8 Å². The average molecular weight is 1510 g/mol. The van der Waals surface area contributed by atoms with Crippen molar-refractivity contribution in [3.05, 3.63) is 90.1 Å². The molecule has 0 saturated carbocycles. The molecule has 29 nitrogen and oxygen atoms in total. The van der Waals surface area contributed by atoms with Gasteiger partial charge in [-0.25, -0.2) is 10.4 Å². The molecule has 0 aliphatic carbocycles. The molecular weight excluding hydrogens is 1380 g/mol. The topological polar surface area (TPSA) is 438 Å². The molecule has 1 saturated heterocycles. The van der Waals surface area contributed by atoms with Crippen molar-refractivity contribution in [2.45, 2.75) is 288 Å². The van der Waals surface area contributed by atoms with Crippen LogP contribution in [0.3, 0.4) is 0 Å². The number of imidazole rings is 1. The van der Waals surface area contributed by atoms with Crippen LogP contribution < -0.4 is 70.5 Å². The normalized spacial score (nSPS) is 14.8. The van der Waals surface area contributed by atoms with Crippen molar-refractivity contribution in [2.24, 2.45) is 22.2 Å². The molecule has 0 bridgehead atoms. The Balaban J connectivity index is 1.18. The Morgan fingerprint density at radius 1 is 0.500 bits per heavy atom. The summed E-state index contributed by atoms with van der Waals surface area (Å²) >= 11 is 0. The summed E-state index contributed by atoms with van der Waals surface area (Å²) in [6, 6.07) is 9.55. The number of amides is 10. The summed E-state index contributed by atoms with van der Waals surface area (Å²) in [5, 5.41) is 26.9. The fourth-order valence-electron chi connectivity index (χ4n) is 12.9. The fourth-order valence-corrected chi connectivity index (χ4v) is 12.9. The Kier molecular flexibility index (Phi) is 44.6. The Morgan fingerprint density at radius 3 is 1.52 bits per heavy atom. The number of nitrogens with two attached hydrogens (primary N) is 3. The van der Waals surface area contributed by atoms with E-state index in [0.717, 1.165) is 54.4 Å². The zero-order valence-corrected chi connectivity index (χ0v) is 64.5. The molecular formula is C79H128N18O11. The van der Waals surface area contributed by atoms with E-state index in [0.29, 0.717) is 55.6 Å². The SMILES string of the molecule is CCCCCCCCCCCCCCCC(=O)NCCCNC(=O)C1NN(CC(=O)N[C@@H](C)C(=O)N[C@@H](Cc2cnc[nH]2)C(=O)N[C@H](Cc2ccccc2)C(=O)N[C@@H](CCCN=C(N)N)C(=O)N[C@@H](Cc2c[nH]c3ccccc23)C(N)=O)C(C(=O)NCCCNC(=O)CCCCCCCCCCCCCCC)O1. The third-order valence-electron chi connectivity index (χ3n) is 19.2. The van der Waals surface area contributed by atoms with E-state index in [1.54, 1.807) is 36.5 Å². The van der Waals surface area contributed by atoms with Crippen LogP contribution in [0.1, 0.15) is 243 Å². The number of H-pyrrole nitrogens is 2. The largest absolute Gasteiger partial charge is 0.370 e. The fraction of sp³-hybridized carbons (Fsp3) is 0.646. The molecule has 7 atom stereocenters. The van der Waals surface area contributed by atoms with Gasteiger partial charge in [-0.05, 0) is 62.6 Å². The summed E-state index contributed by atoms with van der Waals surface area (Å²) in [4.78, 5) is 152. The molecule has 1 fully saturated rings. The number of unbranched alkanes of at least 4 members (excludes halogenated alkanes) is 24. The highest BCUT2D eigenvalue weighted by atomic mass is 16.6. The zero-order valence-electron chi connectivity index (χ0n) is 64.5. The molecule has 0 spiro atoms. The molecule has 600 valence electrons. The van der Waals surface area contributed by atoms with Gasteiger partial charge in [0.15, 0.2) is 5.96 Å². The van der Waals surface area contributed by atoms with Crippen LogP contribution in [0.2, 0.25) is 0 Å². The number of guanidine groups is 1. The molecule has 3 heterocycles. The summed E-state index contributed by atoms with van der Waals surface area (Å²) < 4.78 is 5.96. The number of ether oxygens (including phenoxy) is 1. The van der Waals surface area contributed by atoms with E-state index < -0.39 is 96.5 Å². The predicted octanol–water partition coefficient (Wildman–Crippen LogP) is 6.60. The van der Waals surface area contributed by atoms with Crippen LogP contribution in [-0.4, -0.2) is 167 Å². The van der Waals surface area contributed by atoms with Gasteiger partial charge in [0.1, 0.15) is 30.2 Å². The molecule has 29 heteroatoms. The van der Waals surface area contributed by atoms with Crippen LogP contribution in [0.5, 0.6) is 0 Å². The van der Waals surface area contributed by atoms with Crippen LogP contribution in [0, 0.1) is 0 Å². The molecule has 2 aromatic heterocycles. The van der Waals surface area contributed by atoms with Crippen LogP contribution in [0.4, 0.5) is 0 Å². The first-order chi connectivity index (χ1) is 52.3. The van der Waals surface area contributed by atoms with E-state index in [2.05, 4.69) is 87.1 Å². The summed E-state index contributed by atoms with van der Waals surface area (Å²) in [5.74, 6) is -6.47. The van der Waals surface area contributed by atoms with Crippen molar-refractivity contribution in [2.75, 3.05) is 39.3 Å². The molecule has 2 unspecified atom stereocenters. The minimum Gasteiger partial charge on any atom is -0.370 e. The molecule has 108 heavy (non-hydrogen) atoms. The highest BCUT2D eigenvalue weighted by Crippen LogP contribution is 2.21. The molecule has 0 radical (unpaired) electrons. The number of hydrogen-bond donors (Lipinski definition) is 15. The Morgan fingerprint density at radius 2 is 0.981 bits per heavy atom. The molecule has 1 aliphatic rings. The molecule has 10 amide bonds. The highest BCUT2D eigenvalue weighted by Gasteiger charge is 2.42. The van der Waals surface area contributed by atoms with Gasteiger partial charge in [-0.3, -0.25) is 52.9 Å². The second kappa shape index (κ2) is 53.8. The number of fused-ring (bicyclic) bond motifs is 1. The number of benzene rings is 2. The van der Waals surface area contributed by atoms with Crippen LogP contribution in [0.25, 0.3) is 10.9 Å². The van der Waals surface area contributed by atoms with E-state index >= 15 is 0 Å². The van der Waals surface area contributed by atoms with Crippen molar-refractivity contribution >= 4 is 75.9 Å². The van der Waals surface area contributed by atoms with E-state index in [-0.39, 0.29) is 69.5 Å². The van der Waals surface area contributed by atoms with Gasteiger partial charge in [0.25, 0.3) is 11.8 Å². The number of rotatable bonds is 60. The first-order valence-electron chi connectivity index (χ1n) is 40.0. The lowest BCUT2D eigenvalue weighted by atomic mass is 10.0. The van der Waals surface area contributed by atoms with Crippen LogP contribution in [-0.2, 0) is 71.9 Å². The summed E-state index contributed by atoms with van der Waals surface area (Å²) in [7, 11) is 0. The van der Waals surface area contributed by atoms with Gasteiger partial charge in [-0.1, -0.05) is 216 Å². The zero-order chi connectivity index (χ0) is 77.9. The Hall–Kier alpha value is -8.96. The number of aromatic amines is 2. The first kappa shape index (κ1) is 89.7. The summed E-state index contributed by atoms with van der Waals surface area (Å²) in [6.45, 7) is 6.21. The van der Waals surface area contributed by atoms with Gasteiger partial charge in [-0.2, -0.15) is 5.01 Å². The predicted molar refractivity (Wildman–Crippen MR) is 419 cm³/mol. The van der Waals surface area contributed by atoms with E-state index in [4.69, 9.17) is 21.9 Å². The van der Waals surface area contributed by atoms with Gasteiger partial charge >= 0.3 is 0 Å². The van der Waals surface area contributed by atoms with Gasteiger partial charge in [-0.15, -0.1) is 0 Å². The number of carbonyl (C=O) groups is 10. The van der Waals surface area contributed by atoms with Crippen molar-refractivity contribution in [3.8, 4) is 0 Å². The highest BCUT2D eigenvalue weighted by molar-refractivity contribution is 5.97. The average Bonchev–Trinajstić information content (AvgIpc) is 1.66. The Labute approximate surface area is 638 Å². The maximum absolute atomic E-state index is 14.7. The Bertz CT molecular complexity index is 3310. The van der Waals surface area contributed by atoms with Crippen LogP contribution >= 0.6 is 0 Å². The standard InChI is InChI=1S/C79H128N18O11/c1-4-6-8-10-12-14-16-18-20-22-24-26-31-43-67(98)84-46-36-48-86-75(106)77-96-97(78(108-77)76(107)87-49-37-47-85-68(99)44-32-27-25-23-21-19-17-15-13-11-9-7-5-2)55-69(100)91-57(3)71(102)94-66(52-60-54-83-56-90-60)74(105)95-65(50-58-38-29-28-30-39-58)73(104)92-63(42-35-45-88-79(81)82)72(103)93-64(70(80)101)51-59-53-89-62-41-34-33-40-61(59)62/h28-30,33-34,38-41,53-54,56-57,63-66,77-78,89,96H,4-27,31-32,35-37,42-52,55H2,1-3H3,(H2,80,101)(H,83,90)(H,84,98)(H,85,99)(H,86,106)(H,87,107)(H,91,100)(H,92,104)(H,93,103)(H,94,102)(H,95,105)(H4,81,82,88)/t57-,63-,64-,65+,66-,77?,78?/m0/s1. The number of aliphatic imine (C=N–C) groups is 1. The van der Waals surface area contributed by atoms with Crippen molar-refractivity contribution in [3.63, 3.8) is 0 Å². The van der Waals surface area contributed by atoms with Crippen molar-refractivity contribution in [1.82, 2.24) is 73.2 Å². The number of carbonyl (C=O) groups excluding carboxylic acids is 10. The number of nitrogens with zero attached hydrogens (tertiary/aromatic N) is 3. The number of primary amides is 1. The van der Waals surface area contributed by atoms with E-state index in [1.165, 1.54) is 148 Å². The van der Waals surface area contributed by atoms with Crippen LogP contribution in [0.15, 0.2) is 78.3 Å². The minimum absolute atomic E-state index is 0.0180. The number of para-hydroxylation sites is 1. The number of aromatic nitrogens is 3. The number of nitrogens with one attached hydrogen (secondary N) is 12. The van der Waals surface area contributed by atoms with E-state index in [9.17, 15) is 47.9 Å². The molecule has 1 aliphatic heterocycles. The lowest BCUT2D eigenvalue weighted by Crippen LogP contribution is -2.60. The maximum Gasteiger partial charge on any atom is 0.265 e. The van der Waals surface area contributed by atoms with Gasteiger partial charge < -0.3 is 79.8 Å². The lowest BCUT2D eigenvalue weighted by molar-refractivity contribution is -0.144. The smallest absolute Gasteiger partial charge is 0.265 e. The third-order valence-corrected chi connectivity index (χ3v) is 19.2. The summed E-state index contributed by atoms with van der Waals surface area (Å²) in [6.07, 6.45) is 34.6. The molecule has 18 N–H and O–H groups in total. The molecule has 5 rings (SSSR count). The minimum atomic E-state index is -1.52. The maximum atomic E-state index is 14.7. The van der Waals surface area contributed by atoms with Crippen molar-refractivity contribution in [1.29, 1.82) is 0 Å². The number of hydrogen-bond acceptors (Lipinski definition) is 15. The van der Waals surface area contributed by atoms with Gasteiger partial charge in [0.05, 0.1) is 12.9 Å². The number of hydrazine groups is 1. The monoisotopic (exact) mass is 1510 g/mol. The first-order valence-corrected chi connectivity index (χ1v) is 40.0. The van der Waals surface area contributed by atoms with Crippen molar-refractivity contribution < 1.29 is 52.7 Å². The lowest BCUT2D eigenvalue weighted by Gasteiger charge is -2.27. The quantitative estimate of drug-likeness (QED) is 0.0126. The second-order valence-electron chi connectivity index (χ2n) is 28.5. The second-order valence-corrected chi connectivity index (χ2v) is 28.5. The summed E-state index contributed by atoms with van der Waals surface area (Å²) in [5.41, 5.74) is 22.4.